The minimum absolute atomic E-state index is 0.352. The Morgan fingerprint density at radius 3 is 2.38 bits per heavy atom. The first kappa shape index (κ1) is 10.2. The Balaban J connectivity index is 3.39. The number of hydrogen-bond acceptors (Lipinski definition) is 1. The second-order valence-electron chi connectivity index (χ2n) is 2.30. The number of hydrogen-bond donors (Lipinski definition) is 0. The van der Waals surface area contributed by atoms with Crippen LogP contribution in [-0.4, -0.2) is 7.11 Å². The Bertz CT molecular complexity index is 328. The molecule has 0 aromatic heterocycles. The van der Waals surface area contributed by atoms with Gasteiger partial charge >= 0.3 is 0 Å². The smallest absolute Gasteiger partial charge is 0.172 e. The standard InChI is InChI=1S/C8H6ClF3O/c1-13-6-2-5(10)7(11)4(3-9)8(6)12/h2H,3H2,1H3. The zero-order chi connectivity index (χ0) is 10.0. The van der Waals surface area contributed by atoms with Crippen molar-refractivity contribution in [2.24, 2.45) is 0 Å². The lowest BCUT2D eigenvalue weighted by Gasteiger charge is -2.06. The van der Waals surface area contributed by atoms with Crippen molar-refractivity contribution in [2.45, 2.75) is 5.88 Å². The summed E-state index contributed by atoms with van der Waals surface area (Å²) in [4.78, 5) is 0. The number of halogens is 4. The van der Waals surface area contributed by atoms with Crippen LogP contribution in [0.5, 0.6) is 5.75 Å². The Hall–Kier alpha value is -0.900. The molecule has 0 radical (unpaired) electrons. The molecule has 5 heteroatoms. The Morgan fingerprint density at radius 1 is 1.31 bits per heavy atom. The van der Waals surface area contributed by atoms with Crippen LogP contribution in [0.3, 0.4) is 0 Å². The summed E-state index contributed by atoms with van der Waals surface area (Å²) < 4.78 is 43.1. The molecular weight excluding hydrogens is 205 g/mol. The van der Waals surface area contributed by atoms with Crippen LogP contribution in [0.25, 0.3) is 0 Å². The normalized spacial score (nSPS) is 10.2. The second-order valence-corrected chi connectivity index (χ2v) is 2.57. The minimum atomic E-state index is -1.27. The fourth-order valence-corrected chi connectivity index (χ4v) is 1.13. The molecule has 1 nitrogen and oxygen atoms in total. The Morgan fingerprint density at radius 2 is 1.92 bits per heavy atom. The molecule has 0 bridgehead atoms. The molecule has 0 unspecified atom stereocenters. The van der Waals surface area contributed by atoms with E-state index in [4.69, 9.17) is 11.6 Å². The molecule has 13 heavy (non-hydrogen) atoms. The first-order chi connectivity index (χ1) is 6.11. The number of rotatable bonds is 2. The van der Waals surface area contributed by atoms with Crippen LogP contribution in [-0.2, 0) is 5.88 Å². The van der Waals surface area contributed by atoms with Gasteiger partial charge in [0.2, 0.25) is 0 Å². The third-order valence-electron chi connectivity index (χ3n) is 1.57. The highest BCUT2D eigenvalue weighted by molar-refractivity contribution is 6.17. The van der Waals surface area contributed by atoms with E-state index in [9.17, 15) is 13.2 Å². The molecule has 0 aliphatic rings. The van der Waals surface area contributed by atoms with Gasteiger partial charge in [0.05, 0.1) is 13.0 Å². The molecule has 1 aromatic carbocycles. The molecule has 0 N–H and O–H groups in total. The quantitative estimate of drug-likeness (QED) is 0.539. The molecule has 0 aliphatic carbocycles. The third-order valence-corrected chi connectivity index (χ3v) is 1.83. The largest absolute Gasteiger partial charge is 0.494 e. The summed E-state index contributed by atoms with van der Waals surface area (Å²) in [5.74, 6) is -4.20. The van der Waals surface area contributed by atoms with Crippen LogP contribution in [0.2, 0.25) is 0 Å². The van der Waals surface area contributed by atoms with Crippen LogP contribution < -0.4 is 4.74 Å². The SMILES string of the molecule is COc1cc(F)c(F)c(CCl)c1F. The fourth-order valence-electron chi connectivity index (χ4n) is 0.897. The van der Waals surface area contributed by atoms with Gasteiger partial charge < -0.3 is 4.74 Å². The summed E-state index contributed by atoms with van der Waals surface area (Å²) in [6.45, 7) is 0. The molecule has 1 aromatic rings. The lowest BCUT2D eigenvalue weighted by atomic mass is 10.2. The highest BCUT2D eigenvalue weighted by Gasteiger charge is 2.18. The summed E-state index contributed by atoms with van der Waals surface area (Å²) in [6, 6.07) is 0.640. The molecule has 0 aliphatic heterocycles. The highest BCUT2D eigenvalue weighted by atomic mass is 35.5. The maximum absolute atomic E-state index is 13.1. The number of methoxy groups -OCH3 is 1. The van der Waals surface area contributed by atoms with Crippen molar-refractivity contribution in [3.63, 3.8) is 0 Å². The zero-order valence-electron chi connectivity index (χ0n) is 6.70. The molecule has 0 fully saturated rings. The lowest BCUT2D eigenvalue weighted by molar-refractivity contribution is 0.373. The van der Waals surface area contributed by atoms with E-state index in [0.29, 0.717) is 6.07 Å². The van der Waals surface area contributed by atoms with E-state index in [-0.39, 0.29) is 5.75 Å². The molecular formula is C8H6ClF3O. The van der Waals surface area contributed by atoms with E-state index in [1.165, 1.54) is 0 Å². The van der Waals surface area contributed by atoms with Crippen LogP contribution in [0, 0.1) is 17.5 Å². The van der Waals surface area contributed by atoms with Crippen LogP contribution >= 0.6 is 11.6 Å². The number of alkyl halides is 1. The van der Waals surface area contributed by atoms with Gasteiger partial charge in [0.1, 0.15) is 0 Å². The van der Waals surface area contributed by atoms with Gasteiger partial charge in [-0.1, -0.05) is 0 Å². The fraction of sp³-hybridized carbons (Fsp3) is 0.250. The first-order valence-corrected chi connectivity index (χ1v) is 3.91. The maximum atomic E-state index is 13.1. The van der Waals surface area contributed by atoms with Crippen molar-refractivity contribution >= 4 is 11.6 Å². The summed E-state index contributed by atoms with van der Waals surface area (Å²) in [6.07, 6.45) is 0. The Labute approximate surface area is 78.1 Å². The van der Waals surface area contributed by atoms with E-state index in [1.807, 2.05) is 0 Å². The van der Waals surface area contributed by atoms with Gasteiger partial charge in [-0.15, -0.1) is 11.6 Å². The molecule has 0 spiro atoms. The van der Waals surface area contributed by atoms with Crippen molar-refractivity contribution < 1.29 is 17.9 Å². The van der Waals surface area contributed by atoms with Crippen molar-refractivity contribution in [1.82, 2.24) is 0 Å². The van der Waals surface area contributed by atoms with Gasteiger partial charge in [-0.2, -0.15) is 0 Å². The van der Waals surface area contributed by atoms with E-state index in [2.05, 4.69) is 4.74 Å². The summed E-state index contributed by atoms with van der Waals surface area (Å²) in [7, 11) is 1.16. The second kappa shape index (κ2) is 3.87. The first-order valence-electron chi connectivity index (χ1n) is 3.38. The summed E-state index contributed by atoms with van der Waals surface area (Å²) >= 11 is 5.24. The third kappa shape index (κ3) is 1.72. The van der Waals surface area contributed by atoms with Crippen LogP contribution in [0.4, 0.5) is 13.2 Å². The van der Waals surface area contributed by atoms with E-state index < -0.39 is 28.9 Å². The van der Waals surface area contributed by atoms with Gasteiger partial charge in [0, 0.05) is 11.6 Å². The Kier molecular flexibility index (Phi) is 3.03. The van der Waals surface area contributed by atoms with Gasteiger partial charge in [-0.3, -0.25) is 0 Å². The van der Waals surface area contributed by atoms with Gasteiger partial charge in [0.25, 0.3) is 0 Å². The predicted octanol–water partition coefficient (Wildman–Crippen LogP) is 2.85. The van der Waals surface area contributed by atoms with Gasteiger partial charge in [-0.25, -0.2) is 13.2 Å². The van der Waals surface area contributed by atoms with E-state index in [0.717, 1.165) is 7.11 Å². The van der Waals surface area contributed by atoms with E-state index >= 15 is 0 Å². The summed E-state index contributed by atoms with van der Waals surface area (Å²) in [5, 5.41) is 0. The van der Waals surface area contributed by atoms with E-state index in [1.54, 1.807) is 0 Å². The molecule has 0 saturated carbocycles. The average Bonchev–Trinajstić information content (AvgIpc) is 2.12. The monoisotopic (exact) mass is 210 g/mol. The van der Waals surface area contributed by atoms with Gasteiger partial charge in [-0.05, 0) is 0 Å². The molecule has 0 saturated heterocycles. The molecule has 0 atom stereocenters. The molecule has 0 heterocycles. The number of benzene rings is 1. The van der Waals surface area contributed by atoms with Crippen LogP contribution in [0.1, 0.15) is 5.56 Å². The van der Waals surface area contributed by atoms with Crippen molar-refractivity contribution in [3.05, 3.63) is 29.1 Å². The van der Waals surface area contributed by atoms with Crippen molar-refractivity contribution in [3.8, 4) is 5.75 Å². The van der Waals surface area contributed by atoms with Crippen LogP contribution in [0.15, 0.2) is 6.07 Å². The van der Waals surface area contributed by atoms with Gasteiger partial charge in [0.15, 0.2) is 23.2 Å². The zero-order valence-corrected chi connectivity index (χ0v) is 7.46. The average molecular weight is 211 g/mol. The highest BCUT2D eigenvalue weighted by Crippen LogP contribution is 2.26. The molecule has 0 amide bonds. The lowest BCUT2D eigenvalue weighted by Crippen LogP contribution is -2.00. The van der Waals surface area contributed by atoms with Crippen molar-refractivity contribution in [2.75, 3.05) is 7.11 Å². The molecule has 72 valence electrons. The maximum Gasteiger partial charge on any atom is 0.172 e. The number of ether oxygens (including phenoxy) is 1. The van der Waals surface area contributed by atoms with Crippen molar-refractivity contribution in [1.29, 1.82) is 0 Å². The topological polar surface area (TPSA) is 9.23 Å². The minimum Gasteiger partial charge on any atom is -0.494 e. The summed E-state index contributed by atoms with van der Waals surface area (Å²) in [5.41, 5.74) is -0.515. The molecule has 1 rings (SSSR count). The predicted molar refractivity (Wildman–Crippen MR) is 42.4 cm³/mol.